The lowest BCUT2D eigenvalue weighted by Crippen LogP contribution is -2.65. The minimum atomic E-state index is -0.498. The summed E-state index contributed by atoms with van der Waals surface area (Å²) in [6.45, 7) is 16.8. The zero-order valence-electron chi connectivity index (χ0n) is 24.8. The quantitative estimate of drug-likeness (QED) is 0.470. The lowest BCUT2D eigenvalue weighted by molar-refractivity contribution is -0.181. The minimum Gasteiger partial charge on any atom is -0.511 e. The number of fused-ring (bicyclic) bond motifs is 7. The maximum Gasteiger partial charge on any atom is 0.159 e. The Morgan fingerprint density at radius 2 is 1.85 bits per heavy atom. The number of carbonyl (C=O) groups excluding carboxylic acids is 1. The van der Waals surface area contributed by atoms with E-state index in [-0.39, 0.29) is 51.0 Å². The highest BCUT2D eigenvalue weighted by atomic mass is 16.3. The first kappa shape index (κ1) is 26.7. The number of hydrogen-bond acceptors (Lipinski definition) is 6. The highest BCUT2D eigenvalue weighted by molar-refractivity contribution is 5.95. The van der Waals surface area contributed by atoms with Crippen LogP contribution in [0.3, 0.4) is 0 Å². The molecule has 0 aromatic carbocycles. The SMILES string of the molecule is C[C@@H]1[C@H]2[C@H]3C(=O)C=C4[C@@]5(C)CC(C#N)=C(O)C(C)(C)[C@@H]5CC[C@@]4(C)[C@]3(C)CC[C@@]2(Cn2cnnn2)CC[C@H]1C. The number of carbonyl (C=O) groups is 1. The average molecular weight is 532 g/mol. The van der Waals surface area contributed by atoms with Crippen LogP contribution in [0.1, 0.15) is 93.4 Å². The first-order chi connectivity index (χ1) is 18.2. The molecule has 0 unspecified atom stereocenters. The largest absolute Gasteiger partial charge is 0.511 e. The van der Waals surface area contributed by atoms with Crippen LogP contribution in [-0.4, -0.2) is 31.1 Å². The summed E-state index contributed by atoms with van der Waals surface area (Å²) in [4.78, 5) is 14.6. The van der Waals surface area contributed by atoms with E-state index in [1.54, 1.807) is 6.33 Å². The van der Waals surface area contributed by atoms with Crippen LogP contribution in [0.5, 0.6) is 0 Å². The van der Waals surface area contributed by atoms with Crippen molar-refractivity contribution in [3.8, 4) is 6.07 Å². The van der Waals surface area contributed by atoms with Gasteiger partial charge in [-0.2, -0.15) is 5.26 Å². The number of aliphatic hydroxyl groups is 1. The highest BCUT2D eigenvalue weighted by Crippen LogP contribution is 2.75. The summed E-state index contributed by atoms with van der Waals surface area (Å²) in [6.07, 6.45) is 10.7. The molecule has 0 aliphatic heterocycles. The zero-order valence-corrected chi connectivity index (χ0v) is 24.8. The molecule has 0 saturated heterocycles. The van der Waals surface area contributed by atoms with Crippen molar-refractivity contribution in [3.05, 3.63) is 29.3 Å². The van der Waals surface area contributed by atoms with Gasteiger partial charge in [-0.25, -0.2) is 4.68 Å². The standard InChI is InChI=1S/C32H45N5O2/c1-19-8-11-32(17-37-18-34-35-36-37)13-12-31(7)26(25(32)20(19)2)22(38)14-24-29(5)15-21(16-33)27(39)28(3,4)23(29)9-10-30(24,31)6/h14,18-20,23,25-26,39H,8-13,15,17H2,1-7H3/t19-,20+,23+,25+,26-,29+,30-,31-,32-/m1/s1. The number of aromatic nitrogens is 4. The Balaban J connectivity index is 1.50. The number of nitrogens with zero attached hydrogens (tertiary/aromatic N) is 5. The van der Waals surface area contributed by atoms with Crippen molar-refractivity contribution >= 4 is 5.78 Å². The van der Waals surface area contributed by atoms with Crippen LogP contribution >= 0.6 is 0 Å². The summed E-state index contributed by atoms with van der Waals surface area (Å²) >= 11 is 0. The Morgan fingerprint density at radius 3 is 2.51 bits per heavy atom. The molecule has 7 nitrogen and oxygen atoms in total. The minimum absolute atomic E-state index is 0.0132. The van der Waals surface area contributed by atoms with Crippen LogP contribution in [0, 0.1) is 68.0 Å². The van der Waals surface area contributed by atoms with Crippen molar-refractivity contribution in [2.75, 3.05) is 0 Å². The van der Waals surface area contributed by atoms with Crippen molar-refractivity contribution < 1.29 is 9.90 Å². The van der Waals surface area contributed by atoms with Gasteiger partial charge in [0, 0.05) is 11.3 Å². The van der Waals surface area contributed by atoms with Crippen LogP contribution in [0.15, 0.2) is 29.3 Å². The number of rotatable bonds is 2. The van der Waals surface area contributed by atoms with Crippen molar-refractivity contribution in [1.29, 1.82) is 5.26 Å². The van der Waals surface area contributed by atoms with Crippen molar-refractivity contribution in [2.45, 2.75) is 100.0 Å². The van der Waals surface area contributed by atoms with Crippen molar-refractivity contribution in [1.82, 2.24) is 20.2 Å². The average Bonchev–Trinajstić information content (AvgIpc) is 3.39. The van der Waals surface area contributed by atoms with Gasteiger partial charge in [0.1, 0.15) is 12.1 Å². The number of aliphatic hydroxyl groups excluding tert-OH is 1. The van der Waals surface area contributed by atoms with Gasteiger partial charge >= 0.3 is 0 Å². The molecule has 6 rings (SSSR count). The fourth-order valence-electron chi connectivity index (χ4n) is 11.1. The number of hydrogen-bond donors (Lipinski definition) is 1. The summed E-state index contributed by atoms with van der Waals surface area (Å²) in [5, 5.41) is 33.2. The summed E-state index contributed by atoms with van der Waals surface area (Å²) in [7, 11) is 0. The van der Waals surface area contributed by atoms with Gasteiger partial charge < -0.3 is 5.11 Å². The Morgan fingerprint density at radius 1 is 1.10 bits per heavy atom. The fraction of sp³-hybridized carbons (Fsp3) is 0.781. The molecule has 39 heavy (non-hydrogen) atoms. The third-order valence-corrected chi connectivity index (χ3v) is 13.5. The van der Waals surface area contributed by atoms with Crippen LogP contribution in [0.25, 0.3) is 0 Å². The summed E-state index contributed by atoms with van der Waals surface area (Å²) < 4.78 is 1.90. The predicted molar refractivity (Wildman–Crippen MR) is 148 cm³/mol. The molecular formula is C32H45N5O2. The third-order valence-electron chi connectivity index (χ3n) is 13.5. The molecule has 1 aromatic rings. The molecule has 1 aromatic heterocycles. The maximum absolute atomic E-state index is 14.6. The number of tetrazole rings is 1. The van der Waals surface area contributed by atoms with E-state index in [1.807, 2.05) is 10.8 Å². The number of ketones is 1. The van der Waals surface area contributed by atoms with Gasteiger partial charge in [-0.05, 0) is 107 Å². The Hall–Kier alpha value is -2.49. The first-order valence-electron chi connectivity index (χ1n) is 15.1. The van der Waals surface area contributed by atoms with E-state index < -0.39 is 5.41 Å². The Kier molecular flexibility index (Phi) is 5.67. The summed E-state index contributed by atoms with van der Waals surface area (Å²) in [5.74, 6) is 1.97. The molecule has 1 heterocycles. The molecule has 0 radical (unpaired) electrons. The topological polar surface area (TPSA) is 105 Å². The molecule has 0 spiro atoms. The van der Waals surface area contributed by atoms with Crippen LogP contribution in [0.2, 0.25) is 0 Å². The van der Waals surface area contributed by atoms with E-state index in [4.69, 9.17) is 0 Å². The Bertz CT molecular complexity index is 1310. The molecule has 0 bridgehead atoms. The van der Waals surface area contributed by atoms with Crippen molar-refractivity contribution in [3.63, 3.8) is 0 Å². The van der Waals surface area contributed by atoms with Gasteiger partial charge in [0.2, 0.25) is 0 Å². The van der Waals surface area contributed by atoms with Crippen LogP contribution in [-0.2, 0) is 11.3 Å². The predicted octanol–water partition coefficient (Wildman–Crippen LogP) is 6.46. The van der Waals surface area contributed by atoms with Crippen LogP contribution < -0.4 is 0 Å². The third kappa shape index (κ3) is 3.27. The van der Waals surface area contributed by atoms with E-state index in [0.29, 0.717) is 23.8 Å². The van der Waals surface area contributed by atoms with Gasteiger partial charge in [-0.15, -0.1) is 5.10 Å². The van der Waals surface area contributed by atoms with E-state index in [0.717, 1.165) is 38.6 Å². The molecule has 210 valence electrons. The lowest BCUT2D eigenvalue weighted by Gasteiger charge is -2.70. The van der Waals surface area contributed by atoms with Crippen molar-refractivity contribution in [2.24, 2.45) is 56.7 Å². The van der Waals surface area contributed by atoms with E-state index in [2.05, 4.69) is 70.1 Å². The van der Waals surface area contributed by atoms with Crippen LogP contribution in [0.4, 0.5) is 0 Å². The zero-order chi connectivity index (χ0) is 28.2. The molecule has 5 aliphatic carbocycles. The molecular weight excluding hydrogens is 486 g/mol. The Labute approximate surface area is 233 Å². The van der Waals surface area contributed by atoms with E-state index >= 15 is 0 Å². The fourth-order valence-corrected chi connectivity index (χ4v) is 11.1. The molecule has 3 fully saturated rings. The molecule has 1 N–H and O–H groups in total. The monoisotopic (exact) mass is 531 g/mol. The molecule has 0 amide bonds. The van der Waals surface area contributed by atoms with E-state index in [1.165, 1.54) is 12.0 Å². The van der Waals surface area contributed by atoms with Gasteiger partial charge in [-0.3, -0.25) is 4.79 Å². The summed E-state index contributed by atoms with van der Waals surface area (Å²) in [5.41, 5.74) is 0.616. The normalized spacial score (nSPS) is 46.8. The molecule has 5 aliphatic rings. The maximum atomic E-state index is 14.6. The smallest absolute Gasteiger partial charge is 0.159 e. The number of nitriles is 1. The second-order valence-electron chi connectivity index (χ2n) is 15.3. The second-order valence-corrected chi connectivity index (χ2v) is 15.3. The molecule has 3 saturated carbocycles. The molecule has 7 heteroatoms. The molecule has 9 atom stereocenters. The van der Waals surface area contributed by atoms with Gasteiger partial charge in [0.25, 0.3) is 0 Å². The summed E-state index contributed by atoms with van der Waals surface area (Å²) in [6, 6.07) is 2.33. The van der Waals surface area contributed by atoms with Gasteiger partial charge in [0.15, 0.2) is 5.78 Å². The highest BCUT2D eigenvalue weighted by Gasteiger charge is 2.70. The van der Waals surface area contributed by atoms with Gasteiger partial charge in [0.05, 0.1) is 18.2 Å². The second kappa shape index (κ2) is 8.27. The number of allylic oxidation sites excluding steroid dienone is 4. The van der Waals surface area contributed by atoms with E-state index in [9.17, 15) is 15.2 Å². The first-order valence-corrected chi connectivity index (χ1v) is 15.1. The van der Waals surface area contributed by atoms with Gasteiger partial charge in [-0.1, -0.05) is 54.0 Å². The lowest BCUT2D eigenvalue weighted by atomic mass is 9.33.